The fourth-order valence-electron chi connectivity index (χ4n) is 1.32. The molecule has 0 bridgehead atoms. The third-order valence-electron chi connectivity index (χ3n) is 2.01. The molecular formula is C11H16BrN3S. The fraction of sp³-hybridized carbons (Fsp3) is 0.455. The zero-order valence-electron chi connectivity index (χ0n) is 9.77. The quantitative estimate of drug-likeness (QED) is 0.488. The van der Waals surface area contributed by atoms with E-state index in [1.165, 1.54) is 5.56 Å². The first-order chi connectivity index (χ1) is 7.67. The number of rotatable bonds is 3. The summed E-state index contributed by atoms with van der Waals surface area (Å²) in [6.07, 6.45) is 3.93. The topological polar surface area (TPSA) is 28.5 Å². The van der Waals surface area contributed by atoms with Gasteiger partial charge in [0.15, 0.2) is 5.17 Å². The van der Waals surface area contributed by atoms with Crippen molar-refractivity contribution in [2.45, 2.75) is 13.5 Å². The first kappa shape index (κ1) is 13.5. The third kappa shape index (κ3) is 4.14. The number of pyridine rings is 1. The van der Waals surface area contributed by atoms with Crippen molar-refractivity contribution in [1.82, 2.24) is 9.88 Å². The highest BCUT2D eigenvalue weighted by atomic mass is 79.9. The SMILES string of the molecule is CCN=C(SC)N(C)Cc1ccc(Br)nc1. The number of aromatic nitrogens is 1. The standard InChI is InChI=1S/C11H16BrN3S/c1-4-13-11(16-3)15(2)8-9-5-6-10(12)14-7-9/h5-7H,4,8H2,1-3H3. The maximum atomic E-state index is 4.43. The Kier molecular flexibility index (Phi) is 5.84. The molecule has 3 nitrogen and oxygen atoms in total. The number of nitrogens with zero attached hydrogens (tertiary/aromatic N) is 3. The van der Waals surface area contributed by atoms with E-state index >= 15 is 0 Å². The van der Waals surface area contributed by atoms with Crippen molar-refractivity contribution in [3.05, 3.63) is 28.5 Å². The summed E-state index contributed by atoms with van der Waals surface area (Å²) in [6.45, 7) is 3.70. The minimum atomic E-state index is 0.819. The van der Waals surface area contributed by atoms with Gasteiger partial charge in [0.25, 0.3) is 0 Å². The summed E-state index contributed by atoms with van der Waals surface area (Å²) < 4.78 is 0.867. The Bertz CT molecular complexity index is 351. The molecule has 0 saturated heterocycles. The van der Waals surface area contributed by atoms with Crippen LogP contribution in [0.5, 0.6) is 0 Å². The van der Waals surface area contributed by atoms with E-state index in [1.807, 2.05) is 32.5 Å². The molecule has 0 aliphatic carbocycles. The first-order valence-electron chi connectivity index (χ1n) is 5.07. The van der Waals surface area contributed by atoms with Crippen LogP contribution >= 0.6 is 27.7 Å². The Morgan fingerprint density at radius 3 is 2.81 bits per heavy atom. The highest BCUT2D eigenvalue weighted by molar-refractivity contribution is 9.10. The highest BCUT2D eigenvalue weighted by Crippen LogP contribution is 2.11. The zero-order chi connectivity index (χ0) is 12.0. The molecule has 1 aromatic rings. The van der Waals surface area contributed by atoms with E-state index in [9.17, 15) is 0 Å². The van der Waals surface area contributed by atoms with E-state index < -0.39 is 0 Å². The molecule has 0 saturated carbocycles. The van der Waals surface area contributed by atoms with Gasteiger partial charge in [0.05, 0.1) is 0 Å². The minimum absolute atomic E-state index is 0.819. The van der Waals surface area contributed by atoms with Gasteiger partial charge in [-0.15, -0.1) is 0 Å². The van der Waals surface area contributed by atoms with Gasteiger partial charge in [0.2, 0.25) is 0 Å². The van der Waals surface area contributed by atoms with E-state index in [4.69, 9.17) is 0 Å². The number of aliphatic imine (C=N–C) groups is 1. The molecule has 0 unspecified atom stereocenters. The summed E-state index contributed by atoms with van der Waals surface area (Å²) in [4.78, 5) is 10.8. The lowest BCUT2D eigenvalue weighted by Gasteiger charge is -2.19. The van der Waals surface area contributed by atoms with Crippen LogP contribution in [0.2, 0.25) is 0 Å². The van der Waals surface area contributed by atoms with Crippen LogP contribution in [0.1, 0.15) is 12.5 Å². The van der Waals surface area contributed by atoms with Crippen LogP contribution < -0.4 is 0 Å². The van der Waals surface area contributed by atoms with Crippen LogP contribution in [-0.4, -0.2) is 34.9 Å². The van der Waals surface area contributed by atoms with Crippen molar-refractivity contribution < 1.29 is 0 Å². The molecule has 1 aromatic heterocycles. The molecule has 0 fully saturated rings. The van der Waals surface area contributed by atoms with Crippen molar-refractivity contribution in [2.75, 3.05) is 19.8 Å². The van der Waals surface area contributed by atoms with Crippen LogP contribution in [0.25, 0.3) is 0 Å². The molecule has 5 heteroatoms. The summed E-state index contributed by atoms with van der Waals surface area (Å²) in [7, 11) is 2.05. The lowest BCUT2D eigenvalue weighted by Crippen LogP contribution is -2.23. The Balaban J connectivity index is 2.66. The van der Waals surface area contributed by atoms with Crippen molar-refractivity contribution >= 4 is 32.9 Å². The number of halogens is 1. The van der Waals surface area contributed by atoms with Gasteiger partial charge in [-0.25, -0.2) is 4.98 Å². The molecule has 0 aromatic carbocycles. The van der Waals surface area contributed by atoms with Gasteiger partial charge in [-0.3, -0.25) is 4.99 Å². The fourth-order valence-corrected chi connectivity index (χ4v) is 2.19. The van der Waals surface area contributed by atoms with Crippen LogP contribution in [0.15, 0.2) is 27.9 Å². The average molecular weight is 302 g/mol. The van der Waals surface area contributed by atoms with Crippen molar-refractivity contribution in [2.24, 2.45) is 4.99 Å². The van der Waals surface area contributed by atoms with Crippen molar-refractivity contribution in [3.8, 4) is 0 Å². The molecule has 0 aliphatic rings. The monoisotopic (exact) mass is 301 g/mol. The van der Waals surface area contributed by atoms with E-state index in [1.54, 1.807) is 11.8 Å². The smallest absolute Gasteiger partial charge is 0.158 e. The minimum Gasteiger partial charge on any atom is -0.350 e. The normalized spacial score (nSPS) is 11.6. The predicted octanol–water partition coefficient (Wildman–Crippen LogP) is 3.01. The Hall–Kier alpha value is -0.550. The van der Waals surface area contributed by atoms with E-state index in [2.05, 4.69) is 36.9 Å². The molecule has 16 heavy (non-hydrogen) atoms. The second kappa shape index (κ2) is 6.91. The average Bonchev–Trinajstić information content (AvgIpc) is 2.29. The number of hydrogen-bond donors (Lipinski definition) is 0. The molecule has 0 radical (unpaired) electrons. The first-order valence-corrected chi connectivity index (χ1v) is 7.09. The Morgan fingerprint density at radius 1 is 1.56 bits per heavy atom. The van der Waals surface area contributed by atoms with Gasteiger partial charge in [0, 0.05) is 26.3 Å². The second-order valence-corrected chi connectivity index (χ2v) is 4.89. The van der Waals surface area contributed by atoms with Crippen LogP contribution in [-0.2, 0) is 6.54 Å². The molecule has 0 amide bonds. The molecule has 0 N–H and O–H groups in total. The number of thioether (sulfide) groups is 1. The number of hydrogen-bond acceptors (Lipinski definition) is 3. The van der Waals surface area contributed by atoms with Gasteiger partial charge in [-0.05, 0) is 40.7 Å². The predicted molar refractivity (Wildman–Crippen MR) is 74.9 cm³/mol. The molecular weight excluding hydrogens is 286 g/mol. The molecule has 0 aliphatic heterocycles. The number of amidine groups is 1. The molecule has 1 rings (SSSR count). The molecule has 88 valence electrons. The van der Waals surface area contributed by atoms with E-state index in [0.717, 1.165) is 22.9 Å². The summed E-state index contributed by atoms with van der Waals surface area (Å²) in [5, 5.41) is 1.06. The van der Waals surface area contributed by atoms with Gasteiger partial charge in [-0.2, -0.15) is 0 Å². The summed E-state index contributed by atoms with van der Waals surface area (Å²) >= 11 is 5.00. The van der Waals surface area contributed by atoms with Crippen LogP contribution in [0.3, 0.4) is 0 Å². The molecule has 0 spiro atoms. The van der Waals surface area contributed by atoms with Gasteiger partial charge >= 0.3 is 0 Å². The summed E-state index contributed by atoms with van der Waals surface area (Å²) in [5.41, 5.74) is 1.18. The van der Waals surface area contributed by atoms with E-state index in [0.29, 0.717) is 0 Å². The van der Waals surface area contributed by atoms with Crippen molar-refractivity contribution in [1.29, 1.82) is 0 Å². The largest absolute Gasteiger partial charge is 0.350 e. The van der Waals surface area contributed by atoms with Gasteiger partial charge in [0.1, 0.15) is 4.60 Å². The van der Waals surface area contributed by atoms with Crippen molar-refractivity contribution in [3.63, 3.8) is 0 Å². The molecule has 1 heterocycles. The third-order valence-corrected chi connectivity index (χ3v) is 3.29. The lowest BCUT2D eigenvalue weighted by atomic mass is 10.3. The summed E-state index contributed by atoms with van der Waals surface area (Å²) in [5.74, 6) is 0. The second-order valence-electron chi connectivity index (χ2n) is 3.31. The van der Waals surface area contributed by atoms with Gasteiger partial charge < -0.3 is 4.90 Å². The Morgan fingerprint density at radius 2 is 2.31 bits per heavy atom. The van der Waals surface area contributed by atoms with Crippen LogP contribution in [0.4, 0.5) is 0 Å². The maximum absolute atomic E-state index is 4.43. The van der Waals surface area contributed by atoms with E-state index in [-0.39, 0.29) is 0 Å². The van der Waals surface area contributed by atoms with Gasteiger partial charge in [-0.1, -0.05) is 17.8 Å². The zero-order valence-corrected chi connectivity index (χ0v) is 12.2. The highest BCUT2D eigenvalue weighted by Gasteiger charge is 2.05. The molecule has 0 atom stereocenters. The van der Waals surface area contributed by atoms with Crippen LogP contribution in [0, 0.1) is 0 Å². The summed E-state index contributed by atoms with van der Waals surface area (Å²) in [6, 6.07) is 4.02. The lowest BCUT2D eigenvalue weighted by molar-refractivity contribution is 0.508. The Labute approximate surface area is 109 Å². The maximum Gasteiger partial charge on any atom is 0.158 e.